The number of pyridine rings is 1. The fourth-order valence-corrected chi connectivity index (χ4v) is 1.12. The van der Waals surface area contributed by atoms with Gasteiger partial charge in [-0.05, 0) is 6.07 Å². The van der Waals surface area contributed by atoms with Gasteiger partial charge in [0.15, 0.2) is 0 Å². The highest BCUT2D eigenvalue weighted by Crippen LogP contribution is 2.25. The lowest BCUT2D eigenvalue weighted by molar-refractivity contribution is -0.276. The first-order valence-electron chi connectivity index (χ1n) is 3.65. The van der Waals surface area contributed by atoms with E-state index in [0.29, 0.717) is 6.61 Å². The second kappa shape index (κ2) is 2.98. The van der Waals surface area contributed by atoms with E-state index in [9.17, 15) is 0 Å². The summed E-state index contributed by atoms with van der Waals surface area (Å²) >= 11 is 0. The van der Waals surface area contributed by atoms with Crippen molar-refractivity contribution in [1.82, 2.24) is 4.98 Å². The van der Waals surface area contributed by atoms with Crippen LogP contribution in [-0.4, -0.2) is 11.6 Å². The van der Waals surface area contributed by atoms with E-state index in [2.05, 4.69) is 4.98 Å². The lowest BCUT2D eigenvalue weighted by Gasteiger charge is -2.04. The molecule has 0 amide bonds. The highest BCUT2D eigenvalue weighted by molar-refractivity contribution is 5.12. The minimum atomic E-state index is 0.0868. The highest BCUT2D eigenvalue weighted by atomic mass is 17.2. The first kappa shape index (κ1) is 6.76. The number of rotatable bonds is 1. The molecule has 58 valence electrons. The summed E-state index contributed by atoms with van der Waals surface area (Å²) in [5, 5.41) is 0. The third kappa shape index (κ3) is 1.39. The zero-order chi connectivity index (χ0) is 7.52. The maximum Gasteiger partial charge on any atom is 0.122 e. The second-order valence-electron chi connectivity index (χ2n) is 2.48. The third-order valence-electron chi connectivity index (χ3n) is 1.70. The fourth-order valence-electron chi connectivity index (χ4n) is 1.12. The topological polar surface area (TPSA) is 31.4 Å². The minimum absolute atomic E-state index is 0.0868. The van der Waals surface area contributed by atoms with Crippen LogP contribution in [0.15, 0.2) is 24.5 Å². The molecule has 3 nitrogen and oxygen atoms in total. The summed E-state index contributed by atoms with van der Waals surface area (Å²) in [4.78, 5) is 13.8. The minimum Gasteiger partial charge on any atom is -0.264 e. The number of hydrogen-bond acceptors (Lipinski definition) is 3. The van der Waals surface area contributed by atoms with E-state index < -0.39 is 0 Å². The summed E-state index contributed by atoms with van der Waals surface area (Å²) in [7, 11) is 0. The van der Waals surface area contributed by atoms with Crippen molar-refractivity contribution in [2.45, 2.75) is 12.5 Å². The van der Waals surface area contributed by atoms with Crippen LogP contribution in [0.5, 0.6) is 0 Å². The normalized spacial score (nSPS) is 23.8. The Kier molecular flexibility index (Phi) is 1.83. The van der Waals surface area contributed by atoms with Gasteiger partial charge in [-0.15, -0.1) is 0 Å². The van der Waals surface area contributed by atoms with Crippen LogP contribution in [0.3, 0.4) is 0 Å². The van der Waals surface area contributed by atoms with Crippen LogP contribution in [0.4, 0.5) is 0 Å². The second-order valence-corrected chi connectivity index (χ2v) is 2.48. The van der Waals surface area contributed by atoms with Gasteiger partial charge in [0.2, 0.25) is 0 Å². The van der Waals surface area contributed by atoms with Crippen molar-refractivity contribution < 1.29 is 9.78 Å². The lowest BCUT2D eigenvalue weighted by atomic mass is 10.1. The first-order chi connectivity index (χ1) is 5.47. The Balaban J connectivity index is 2.16. The molecule has 1 aromatic rings. The van der Waals surface area contributed by atoms with Crippen molar-refractivity contribution in [3.05, 3.63) is 30.1 Å². The zero-order valence-electron chi connectivity index (χ0n) is 6.06. The molecule has 0 spiro atoms. The number of hydrogen-bond donors (Lipinski definition) is 0. The summed E-state index contributed by atoms with van der Waals surface area (Å²) in [5.41, 5.74) is 1.09. The van der Waals surface area contributed by atoms with Gasteiger partial charge in [0.25, 0.3) is 0 Å². The Hall–Kier alpha value is -0.930. The molecule has 3 heteroatoms. The van der Waals surface area contributed by atoms with Crippen molar-refractivity contribution in [1.29, 1.82) is 0 Å². The summed E-state index contributed by atoms with van der Waals surface area (Å²) in [6.45, 7) is 0.680. The van der Waals surface area contributed by atoms with Crippen molar-refractivity contribution in [3.8, 4) is 0 Å². The standard InChI is InChI=1S/C8H9NO2/c1-2-7(6-9-4-1)8-3-5-10-11-8/h1-2,4,6,8H,3,5H2. The molecule has 2 rings (SSSR count). The largest absolute Gasteiger partial charge is 0.264 e. The molecule has 0 bridgehead atoms. The molecule has 1 aromatic heterocycles. The maximum atomic E-state index is 5.00. The van der Waals surface area contributed by atoms with Crippen LogP contribution in [-0.2, 0) is 9.78 Å². The molecule has 0 aliphatic carbocycles. The van der Waals surface area contributed by atoms with Gasteiger partial charge in [0, 0.05) is 24.4 Å². The summed E-state index contributed by atoms with van der Waals surface area (Å²) in [6, 6.07) is 3.89. The van der Waals surface area contributed by atoms with Crippen molar-refractivity contribution in [2.24, 2.45) is 0 Å². The Morgan fingerprint density at radius 3 is 3.18 bits per heavy atom. The lowest BCUT2D eigenvalue weighted by Crippen LogP contribution is -1.94. The molecular weight excluding hydrogens is 142 g/mol. The molecule has 0 aromatic carbocycles. The van der Waals surface area contributed by atoms with E-state index >= 15 is 0 Å². The zero-order valence-corrected chi connectivity index (χ0v) is 6.06. The molecule has 0 N–H and O–H groups in total. The monoisotopic (exact) mass is 151 g/mol. The van der Waals surface area contributed by atoms with Crippen molar-refractivity contribution in [3.63, 3.8) is 0 Å². The smallest absolute Gasteiger partial charge is 0.122 e. The predicted molar refractivity (Wildman–Crippen MR) is 38.6 cm³/mol. The summed E-state index contributed by atoms with van der Waals surface area (Å²) < 4.78 is 0. The van der Waals surface area contributed by atoms with Crippen LogP contribution in [0.1, 0.15) is 18.1 Å². The molecule has 0 radical (unpaired) electrons. The number of nitrogens with zero attached hydrogens (tertiary/aromatic N) is 1. The quantitative estimate of drug-likeness (QED) is 0.569. The van der Waals surface area contributed by atoms with E-state index in [1.807, 2.05) is 12.1 Å². The Morgan fingerprint density at radius 2 is 2.55 bits per heavy atom. The molecule has 11 heavy (non-hydrogen) atoms. The van der Waals surface area contributed by atoms with Gasteiger partial charge in [-0.3, -0.25) is 4.98 Å². The van der Waals surface area contributed by atoms with Gasteiger partial charge < -0.3 is 0 Å². The van der Waals surface area contributed by atoms with Gasteiger partial charge in [-0.2, -0.15) is 0 Å². The average Bonchev–Trinajstić information content (AvgIpc) is 2.58. The summed E-state index contributed by atoms with van der Waals surface area (Å²) in [6.07, 6.45) is 4.56. The molecule has 1 aliphatic rings. The van der Waals surface area contributed by atoms with Crippen molar-refractivity contribution in [2.75, 3.05) is 6.61 Å². The Labute approximate surface area is 64.9 Å². The molecular formula is C8H9NO2. The molecule has 1 aliphatic heterocycles. The van der Waals surface area contributed by atoms with Crippen LogP contribution < -0.4 is 0 Å². The van der Waals surface area contributed by atoms with Gasteiger partial charge in [-0.25, -0.2) is 9.78 Å². The number of aromatic nitrogens is 1. The molecule has 0 saturated carbocycles. The summed E-state index contributed by atoms with van der Waals surface area (Å²) in [5.74, 6) is 0. The van der Waals surface area contributed by atoms with Crippen LogP contribution in [0.2, 0.25) is 0 Å². The highest BCUT2D eigenvalue weighted by Gasteiger charge is 2.18. The van der Waals surface area contributed by atoms with Gasteiger partial charge in [-0.1, -0.05) is 6.07 Å². The maximum absolute atomic E-state index is 5.00. The molecule has 1 fully saturated rings. The molecule has 1 atom stereocenters. The predicted octanol–water partition coefficient (Wildman–Crippen LogP) is 1.47. The Bertz CT molecular complexity index is 219. The van der Waals surface area contributed by atoms with E-state index in [1.165, 1.54) is 0 Å². The molecule has 1 unspecified atom stereocenters. The molecule has 1 saturated heterocycles. The first-order valence-corrected chi connectivity index (χ1v) is 3.65. The van der Waals surface area contributed by atoms with E-state index in [4.69, 9.17) is 9.78 Å². The van der Waals surface area contributed by atoms with Crippen LogP contribution >= 0.6 is 0 Å². The van der Waals surface area contributed by atoms with Gasteiger partial charge in [0.05, 0.1) is 6.61 Å². The van der Waals surface area contributed by atoms with E-state index in [0.717, 1.165) is 12.0 Å². The molecule has 2 heterocycles. The van der Waals surface area contributed by atoms with E-state index in [1.54, 1.807) is 12.4 Å². The Morgan fingerprint density at radius 1 is 1.55 bits per heavy atom. The van der Waals surface area contributed by atoms with Crippen molar-refractivity contribution >= 4 is 0 Å². The van der Waals surface area contributed by atoms with Gasteiger partial charge in [0.1, 0.15) is 6.10 Å². The van der Waals surface area contributed by atoms with E-state index in [-0.39, 0.29) is 6.10 Å². The third-order valence-corrected chi connectivity index (χ3v) is 1.70. The fraction of sp³-hybridized carbons (Fsp3) is 0.375. The van der Waals surface area contributed by atoms with Crippen LogP contribution in [0.25, 0.3) is 0 Å². The SMILES string of the molecule is c1cncc(C2CCOO2)c1. The average molecular weight is 151 g/mol. The van der Waals surface area contributed by atoms with Crippen LogP contribution in [0, 0.1) is 0 Å². The van der Waals surface area contributed by atoms with Gasteiger partial charge >= 0.3 is 0 Å².